The summed E-state index contributed by atoms with van der Waals surface area (Å²) in [5.41, 5.74) is -0.173. The van der Waals surface area contributed by atoms with Gasteiger partial charge in [-0.05, 0) is 43.1 Å². The van der Waals surface area contributed by atoms with Gasteiger partial charge in [-0.1, -0.05) is 19.9 Å². The van der Waals surface area contributed by atoms with Gasteiger partial charge < -0.3 is 14.7 Å². The van der Waals surface area contributed by atoms with E-state index in [1.54, 1.807) is 0 Å². The van der Waals surface area contributed by atoms with Crippen molar-refractivity contribution in [3.63, 3.8) is 0 Å². The fraction of sp³-hybridized carbons (Fsp3) is 0.810. The summed E-state index contributed by atoms with van der Waals surface area (Å²) in [7, 11) is 1.39. The van der Waals surface area contributed by atoms with Gasteiger partial charge in [-0.2, -0.15) is 13.2 Å². The first kappa shape index (κ1) is 23.7. The molecule has 1 N–H and O–H groups in total. The normalized spacial score (nSPS) is 33.3. The minimum Gasteiger partial charge on any atom is -0.458 e. The van der Waals surface area contributed by atoms with Crippen LogP contribution in [0.4, 0.5) is 13.2 Å². The molecule has 0 aromatic carbocycles. The van der Waals surface area contributed by atoms with Crippen molar-refractivity contribution in [2.75, 3.05) is 13.6 Å². The Morgan fingerprint density at radius 2 is 2.00 bits per heavy atom. The van der Waals surface area contributed by atoms with Gasteiger partial charge >= 0.3 is 12.1 Å². The fourth-order valence-electron chi connectivity index (χ4n) is 4.97. The van der Waals surface area contributed by atoms with Crippen LogP contribution in [-0.2, 0) is 14.3 Å². The molecule has 0 heterocycles. The van der Waals surface area contributed by atoms with Gasteiger partial charge in [0.15, 0.2) is 0 Å². The minimum atomic E-state index is -4.52. The molecule has 0 radical (unpaired) electrons. The van der Waals surface area contributed by atoms with Crippen molar-refractivity contribution >= 4 is 11.9 Å². The van der Waals surface area contributed by atoms with Crippen molar-refractivity contribution < 1.29 is 32.6 Å². The Bertz CT molecular complexity index is 663. The van der Waals surface area contributed by atoms with E-state index in [4.69, 9.17) is 4.74 Å². The van der Waals surface area contributed by atoms with E-state index in [1.165, 1.54) is 14.0 Å². The molecule has 2 aliphatic carbocycles. The molecule has 2 rings (SSSR count). The molecule has 6 atom stereocenters. The Kier molecular flexibility index (Phi) is 7.08. The van der Waals surface area contributed by atoms with Crippen LogP contribution in [0.2, 0.25) is 0 Å². The number of aliphatic hydroxyl groups is 1. The Morgan fingerprint density at radius 1 is 1.38 bits per heavy atom. The van der Waals surface area contributed by atoms with Gasteiger partial charge in [0, 0.05) is 32.9 Å². The van der Waals surface area contributed by atoms with Crippen LogP contribution in [0.25, 0.3) is 0 Å². The van der Waals surface area contributed by atoms with Crippen LogP contribution in [0, 0.1) is 23.7 Å². The van der Waals surface area contributed by atoms with Gasteiger partial charge in [-0.3, -0.25) is 9.59 Å². The highest BCUT2D eigenvalue weighted by atomic mass is 19.4. The van der Waals surface area contributed by atoms with Crippen LogP contribution in [0.5, 0.6) is 0 Å². The topological polar surface area (TPSA) is 66.8 Å². The summed E-state index contributed by atoms with van der Waals surface area (Å²) in [6.45, 7) is 7.30. The Hall–Kier alpha value is -1.57. The van der Waals surface area contributed by atoms with E-state index in [0.29, 0.717) is 6.42 Å². The van der Waals surface area contributed by atoms with Gasteiger partial charge in [0.25, 0.3) is 0 Å². The third-order valence-electron chi connectivity index (χ3n) is 6.67. The fourth-order valence-corrected chi connectivity index (χ4v) is 4.97. The lowest BCUT2D eigenvalue weighted by Gasteiger charge is -2.53. The lowest BCUT2D eigenvalue weighted by Crippen LogP contribution is -2.56. The van der Waals surface area contributed by atoms with Gasteiger partial charge in [0.2, 0.25) is 5.91 Å². The number of alkyl halides is 3. The Morgan fingerprint density at radius 3 is 2.55 bits per heavy atom. The molecule has 166 valence electrons. The average Bonchev–Trinajstić information content (AvgIpc) is 2.55. The maximum atomic E-state index is 12.5. The Labute approximate surface area is 170 Å². The number of rotatable bonds is 5. The highest BCUT2D eigenvalue weighted by Gasteiger charge is 2.52. The first-order valence-corrected chi connectivity index (χ1v) is 10.1. The SMILES string of the molecule is CC(=O)O[C@@H]1C[C@@]2(O)[C@H](C)CC[C@@H]([C@H](C)CN(C)C(=O)CC(F)(F)F)[C@H]2C=C1C. The van der Waals surface area contributed by atoms with Crippen LogP contribution < -0.4 is 0 Å². The average molecular weight is 419 g/mol. The molecule has 0 saturated heterocycles. The van der Waals surface area contributed by atoms with Crippen molar-refractivity contribution in [1.82, 2.24) is 4.90 Å². The smallest absolute Gasteiger partial charge is 0.397 e. The molecule has 5 nitrogen and oxygen atoms in total. The number of hydrogen-bond acceptors (Lipinski definition) is 4. The van der Waals surface area contributed by atoms with E-state index in [2.05, 4.69) is 0 Å². The van der Waals surface area contributed by atoms with Crippen molar-refractivity contribution in [2.24, 2.45) is 23.7 Å². The second-order valence-corrected chi connectivity index (χ2v) is 8.92. The van der Waals surface area contributed by atoms with E-state index in [1.807, 2.05) is 26.8 Å². The number of amides is 1. The number of halogens is 3. The number of ether oxygens (including phenoxy) is 1. The summed E-state index contributed by atoms with van der Waals surface area (Å²) in [4.78, 5) is 24.4. The summed E-state index contributed by atoms with van der Waals surface area (Å²) in [5.74, 6) is -1.61. The number of carbonyl (C=O) groups excluding carboxylic acids is 2. The second kappa shape index (κ2) is 8.66. The first-order valence-electron chi connectivity index (χ1n) is 10.1. The van der Waals surface area contributed by atoms with Crippen LogP contribution in [0.1, 0.15) is 53.4 Å². The van der Waals surface area contributed by atoms with E-state index in [-0.39, 0.29) is 30.2 Å². The van der Waals surface area contributed by atoms with Crippen LogP contribution in [0.3, 0.4) is 0 Å². The standard InChI is InChI=1S/C21H32F3NO4/c1-12-8-17-16(13(2)11-25(5)19(27)10-21(22,23)24)7-6-14(3)20(17,28)9-18(12)29-15(4)26/h8,13-14,16-18,28H,6-7,9-11H2,1-5H3/t13-,14-,16+,17-,18-,20-/m1/s1. The highest BCUT2D eigenvalue weighted by molar-refractivity contribution is 5.76. The monoisotopic (exact) mass is 419 g/mol. The molecule has 0 spiro atoms. The third kappa shape index (κ3) is 5.53. The molecule has 0 unspecified atom stereocenters. The number of nitrogens with zero attached hydrogens (tertiary/aromatic N) is 1. The lowest BCUT2D eigenvalue weighted by molar-refractivity contribution is -0.162. The maximum absolute atomic E-state index is 12.5. The van der Waals surface area contributed by atoms with Crippen molar-refractivity contribution in [1.29, 1.82) is 0 Å². The Balaban J connectivity index is 2.18. The van der Waals surface area contributed by atoms with E-state index in [9.17, 15) is 27.9 Å². The summed E-state index contributed by atoms with van der Waals surface area (Å²) < 4.78 is 42.9. The second-order valence-electron chi connectivity index (χ2n) is 8.92. The zero-order valence-corrected chi connectivity index (χ0v) is 17.8. The highest BCUT2D eigenvalue weighted by Crippen LogP contribution is 2.51. The zero-order valence-electron chi connectivity index (χ0n) is 17.8. The van der Waals surface area contributed by atoms with Crippen molar-refractivity contribution in [3.05, 3.63) is 11.6 Å². The van der Waals surface area contributed by atoms with E-state index < -0.39 is 36.2 Å². The molecule has 0 aromatic rings. The van der Waals surface area contributed by atoms with Crippen molar-refractivity contribution in [3.8, 4) is 0 Å². The molecule has 8 heteroatoms. The predicted molar refractivity (Wildman–Crippen MR) is 102 cm³/mol. The molecular formula is C21H32F3NO4. The minimum absolute atomic E-state index is 0.00273. The van der Waals surface area contributed by atoms with Crippen LogP contribution in [0.15, 0.2) is 11.6 Å². The number of fused-ring (bicyclic) bond motifs is 1. The lowest BCUT2D eigenvalue weighted by atomic mass is 9.57. The van der Waals surface area contributed by atoms with E-state index >= 15 is 0 Å². The molecule has 1 saturated carbocycles. The number of esters is 1. The summed E-state index contributed by atoms with van der Waals surface area (Å²) in [5, 5.41) is 11.5. The van der Waals surface area contributed by atoms with Gasteiger partial charge in [-0.15, -0.1) is 0 Å². The summed E-state index contributed by atoms with van der Waals surface area (Å²) in [6, 6.07) is 0. The molecular weight excluding hydrogens is 387 g/mol. The zero-order chi connectivity index (χ0) is 22.1. The summed E-state index contributed by atoms with van der Waals surface area (Å²) in [6.07, 6.45) is -2.60. The van der Waals surface area contributed by atoms with Gasteiger partial charge in [0.1, 0.15) is 12.5 Å². The van der Waals surface area contributed by atoms with Crippen LogP contribution >= 0.6 is 0 Å². The quantitative estimate of drug-likeness (QED) is 0.545. The molecule has 0 aliphatic heterocycles. The molecule has 1 fully saturated rings. The molecule has 2 aliphatic rings. The first-order chi connectivity index (χ1) is 13.2. The largest absolute Gasteiger partial charge is 0.458 e. The summed E-state index contributed by atoms with van der Waals surface area (Å²) >= 11 is 0. The third-order valence-corrected chi connectivity index (χ3v) is 6.67. The van der Waals surface area contributed by atoms with Crippen molar-refractivity contribution in [2.45, 2.75) is 71.3 Å². The number of carbonyl (C=O) groups is 2. The van der Waals surface area contributed by atoms with E-state index in [0.717, 1.165) is 23.3 Å². The van der Waals surface area contributed by atoms with Crippen LogP contribution in [-0.4, -0.2) is 53.4 Å². The number of hydrogen-bond donors (Lipinski definition) is 1. The predicted octanol–water partition coefficient (Wildman–Crippen LogP) is 3.71. The molecule has 0 aromatic heterocycles. The molecule has 1 amide bonds. The van der Waals surface area contributed by atoms with Gasteiger partial charge in [-0.25, -0.2) is 0 Å². The maximum Gasteiger partial charge on any atom is 0.397 e. The van der Waals surface area contributed by atoms with Gasteiger partial charge in [0.05, 0.1) is 5.60 Å². The molecule has 29 heavy (non-hydrogen) atoms. The molecule has 0 bridgehead atoms.